The van der Waals surface area contributed by atoms with Crippen molar-refractivity contribution < 1.29 is 14.3 Å². The lowest BCUT2D eigenvalue weighted by molar-refractivity contribution is -0.112. The van der Waals surface area contributed by atoms with E-state index in [1.54, 1.807) is 60.7 Å². The Hall–Kier alpha value is -3.95. The maximum atomic E-state index is 12.7. The molecule has 0 fully saturated rings. The van der Waals surface area contributed by atoms with Crippen molar-refractivity contribution in [2.75, 3.05) is 5.32 Å². The molecule has 0 unspecified atom stereocenters. The zero-order valence-corrected chi connectivity index (χ0v) is 22.2. The Morgan fingerprint density at radius 3 is 2.29 bits per heavy atom. The van der Waals surface area contributed by atoms with Gasteiger partial charge in [0.05, 0.1) is 5.02 Å². The van der Waals surface area contributed by atoms with Gasteiger partial charge in [0.25, 0.3) is 5.91 Å². The summed E-state index contributed by atoms with van der Waals surface area (Å²) in [5.74, 6) is 0.556. The van der Waals surface area contributed by atoms with E-state index < -0.39 is 5.91 Å². The van der Waals surface area contributed by atoms with Gasteiger partial charge in [-0.15, -0.1) is 0 Å². The molecular weight excluding hydrogens is 543 g/mol. The number of nitrogens with one attached hydrogen (secondary N) is 1. The SMILES string of the molecule is N#C/C(=C\c1ccc(OCc2ccccc2)c(Cl)c1)C(=O)Nc1ccc(OCc2ccc(Cl)cc2Cl)cc1. The van der Waals surface area contributed by atoms with E-state index in [-0.39, 0.29) is 12.2 Å². The van der Waals surface area contributed by atoms with E-state index in [1.165, 1.54) is 6.08 Å². The molecule has 4 aromatic rings. The van der Waals surface area contributed by atoms with Crippen LogP contribution in [0.2, 0.25) is 15.1 Å². The molecule has 0 bridgehead atoms. The normalized spacial score (nSPS) is 10.9. The molecule has 0 aliphatic heterocycles. The van der Waals surface area contributed by atoms with Gasteiger partial charge >= 0.3 is 0 Å². The lowest BCUT2D eigenvalue weighted by Gasteiger charge is -2.10. The maximum absolute atomic E-state index is 12.7. The van der Waals surface area contributed by atoms with E-state index in [0.29, 0.717) is 44.4 Å². The van der Waals surface area contributed by atoms with Gasteiger partial charge in [0.2, 0.25) is 0 Å². The second-order valence-corrected chi connectivity index (χ2v) is 9.39. The third kappa shape index (κ3) is 7.53. The van der Waals surface area contributed by atoms with Gasteiger partial charge in [0, 0.05) is 21.3 Å². The molecule has 4 rings (SSSR count). The minimum Gasteiger partial charge on any atom is -0.489 e. The lowest BCUT2D eigenvalue weighted by Crippen LogP contribution is -2.13. The summed E-state index contributed by atoms with van der Waals surface area (Å²) in [7, 11) is 0. The van der Waals surface area contributed by atoms with Gasteiger partial charge in [-0.05, 0) is 65.7 Å². The minimum atomic E-state index is -0.547. The number of nitrogens with zero attached hydrogens (tertiary/aromatic N) is 1. The Bertz CT molecular complexity index is 1500. The molecule has 38 heavy (non-hydrogen) atoms. The van der Waals surface area contributed by atoms with Crippen LogP contribution in [-0.4, -0.2) is 5.91 Å². The molecule has 1 N–H and O–H groups in total. The van der Waals surface area contributed by atoms with Crippen molar-refractivity contribution in [2.24, 2.45) is 0 Å². The molecule has 1 amide bonds. The highest BCUT2D eigenvalue weighted by Gasteiger charge is 2.11. The first kappa shape index (κ1) is 27.1. The van der Waals surface area contributed by atoms with E-state index in [1.807, 2.05) is 36.4 Å². The Morgan fingerprint density at radius 1 is 0.842 bits per heavy atom. The molecule has 0 aromatic heterocycles. The molecule has 0 aliphatic rings. The van der Waals surface area contributed by atoms with Crippen molar-refractivity contribution in [2.45, 2.75) is 13.2 Å². The monoisotopic (exact) mass is 562 g/mol. The Morgan fingerprint density at radius 2 is 1.61 bits per heavy atom. The summed E-state index contributed by atoms with van der Waals surface area (Å²) in [5, 5.41) is 13.7. The molecule has 8 heteroatoms. The molecule has 5 nitrogen and oxygen atoms in total. The zero-order chi connectivity index (χ0) is 26.9. The van der Waals surface area contributed by atoms with Gasteiger partial charge in [0.15, 0.2) is 0 Å². The summed E-state index contributed by atoms with van der Waals surface area (Å²) >= 11 is 18.5. The minimum absolute atomic E-state index is 0.0725. The molecule has 0 aliphatic carbocycles. The summed E-state index contributed by atoms with van der Waals surface area (Å²) in [5.41, 5.74) is 2.85. The predicted molar refractivity (Wildman–Crippen MR) is 152 cm³/mol. The van der Waals surface area contributed by atoms with Crippen LogP contribution in [0.15, 0.2) is 96.6 Å². The van der Waals surface area contributed by atoms with Crippen LogP contribution in [-0.2, 0) is 18.0 Å². The van der Waals surface area contributed by atoms with Crippen molar-refractivity contribution >= 4 is 52.5 Å². The van der Waals surface area contributed by atoms with E-state index in [4.69, 9.17) is 44.3 Å². The van der Waals surface area contributed by atoms with Crippen molar-refractivity contribution in [3.05, 3.63) is 128 Å². The summed E-state index contributed by atoms with van der Waals surface area (Å²) in [6, 6.07) is 28.7. The number of anilines is 1. The fraction of sp³-hybridized carbons (Fsp3) is 0.0667. The number of carbonyl (C=O) groups is 1. The molecule has 0 atom stereocenters. The van der Waals surface area contributed by atoms with E-state index >= 15 is 0 Å². The van der Waals surface area contributed by atoms with E-state index in [9.17, 15) is 10.1 Å². The number of rotatable bonds is 9. The standard InChI is InChI=1S/C30H21Cl3N2O3/c31-24-8-7-22(27(32)16-24)19-37-26-11-9-25(10-12-26)35-30(36)23(17-34)14-21-6-13-29(28(33)15-21)38-18-20-4-2-1-3-5-20/h1-16H,18-19H2,(H,35,36)/b23-14+. The van der Waals surface area contributed by atoms with Crippen LogP contribution in [0.3, 0.4) is 0 Å². The van der Waals surface area contributed by atoms with Gasteiger partial charge in [-0.3, -0.25) is 4.79 Å². The van der Waals surface area contributed by atoms with Crippen LogP contribution in [0, 0.1) is 11.3 Å². The average molecular weight is 564 g/mol. The second kappa shape index (κ2) is 13.0. The number of amides is 1. The van der Waals surface area contributed by atoms with Gasteiger partial charge in [0.1, 0.15) is 36.4 Å². The highest BCUT2D eigenvalue weighted by molar-refractivity contribution is 6.35. The van der Waals surface area contributed by atoms with Crippen molar-refractivity contribution in [1.82, 2.24) is 0 Å². The number of halogens is 3. The first-order valence-electron chi connectivity index (χ1n) is 11.5. The molecule has 0 heterocycles. The van der Waals surface area contributed by atoms with Crippen molar-refractivity contribution in [3.63, 3.8) is 0 Å². The summed E-state index contributed by atoms with van der Waals surface area (Å²) in [4.78, 5) is 12.7. The van der Waals surface area contributed by atoms with Crippen LogP contribution in [0.1, 0.15) is 16.7 Å². The highest BCUT2D eigenvalue weighted by atomic mass is 35.5. The number of benzene rings is 4. The third-order valence-electron chi connectivity index (χ3n) is 5.39. The summed E-state index contributed by atoms with van der Waals surface area (Å²) < 4.78 is 11.5. The van der Waals surface area contributed by atoms with Crippen LogP contribution in [0.4, 0.5) is 5.69 Å². The third-order valence-corrected chi connectivity index (χ3v) is 6.27. The van der Waals surface area contributed by atoms with Crippen LogP contribution < -0.4 is 14.8 Å². The fourth-order valence-corrected chi connectivity index (χ4v) is 4.11. The quantitative estimate of drug-likeness (QED) is 0.164. The molecule has 0 saturated carbocycles. The Labute approximate surface area is 235 Å². The number of nitriles is 1. The number of ether oxygens (including phenoxy) is 2. The van der Waals surface area contributed by atoms with E-state index in [2.05, 4.69) is 5.32 Å². The molecular formula is C30H21Cl3N2O3. The number of carbonyl (C=O) groups excluding carboxylic acids is 1. The average Bonchev–Trinajstić information content (AvgIpc) is 2.92. The molecule has 0 spiro atoms. The predicted octanol–water partition coefficient (Wildman–Crippen LogP) is 8.35. The van der Waals surface area contributed by atoms with Gasteiger partial charge in [-0.2, -0.15) is 5.26 Å². The number of hydrogen-bond donors (Lipinski definition) is 1. The molecule has 4 aromatic carbocycles. The first-order valence-corrected chi connectivity index (χ1v) is 12.6. The first-order chi connectivity index (χ1) is 18.4. The van der Waals surface area contributed by atoms with Crippen molar-refractivity contribution in [3.8, 4) is 17.6 Å². The topological polar surface area (TPSA) is 71.3 Å². The van der Waals surface area contributed by atoms with Crippen LogP contribution in [0.5, 0.6) is 11.5 Å². The highest BCUT2D eigenvalue weighted by Crippen LogP contribution is 2.28. The smallest absolute Gasteiger partial charge is 0.266 e. The second-order valence-electron chi connectivity index (χ2n) is 8.14. The van der Waals surface area contributed by atoms with Crippen LogP contribution in [0.25, 0.3) is 6.08 Å². The van der Waals surface area contributed by atoms with Gasteiger partial charge in [-0.25, -0.2) is 0 Å². The number of hydrogen-bond acceptors (Lipinski definition) is 4. The Kier molecular flexibility index (Phi) is 9.29. The molecule has 190 valence electrons. The largest absolute Gasteiger partial charge is 0.489 e. The molecule has 0 radical (unpaired) electrons. The fourth-order valence-electron chi connectivity index (χ4n) is 3.41. The van der Waals surface area contributed by atoms with Crippen molar-refractivity contribution in [1.29, 1.82) is 5.26 Å². The summed E-state index contributed by atoms with van der Waals surface area (Å²) in [6.07, 6.45) is 1.47. The van der Waals surface area contributed by atoms with Crippen LogP contribution >= 0.6 is 34.8 Å². The van der Waals surface area contributed by atoms with Gasteiger partial charge in [-0.1, -0.05) is 77.3 Å². The maximum Gasteiger partial charge on any atom is 0.266 e. The lowest BCUT2D eigenvalue weighted by atomic mass is 10.1. The van der Waals surface area contributed by atoms with E-state index in [0.717, 1.165) is 11.1 Å². The Balaban J connectivity index is 1.35. The van der Waals surface area contributed by atoms with Gasteiger partial charge < -0.3 is 14.8 Å². The summed E-state index contributed by atoms with van der Waals surface area (Å²) in [6.45, 7) is 0.641. The molecule has 0 saturated heterocycles. The zero-order valence-electron chi connectivity index (χ0n) is 20.0.